The second-order valence-electron chi connectivity index (χ2n) is 7.54. The van der Waals surface area contributed by atoms with E-state index < -0.39 is 0 Å². The Morgan fingerprint density at radius 2 is 1.72 bits per heavy atom. The summed E-state index contributed by atoms with van der Waals surface area (Å²) >= 11 is 0. The van der Waals surface area contributed by atoms with Gasteiger partial charge in [0, 0.05) is 31.9 Å². The van der Waals surface area contributed by atoms with E-state index in [0.29, 0.717) is 38.4 Å². The molecule has 3 amide bonds. The molecule has 1 aliphatic heterocycles. The number of para-hydroxylation sites is 1. The highest BCUT2D eigenvalue weighted by molar-refractivity contribution is 6.00. The fourth-order valence-corrected chi connectivity index (χ4v) is 3.85. The second-order valence-corrected chi connectivity index (χ2v) is 7.54. The molecule has 2 aliphatic rings. The van der Waals surface area contributed by atoms with Crippen LogP contribution in [0.2, 0.25) is 0 Å². The smallest absolute Gasteiger partial charge is 0.289 e. The molecule has 0 spiro atoms. The number of hydrogen-bond donors (Lipinski definition) is 1. The van der Waals surface area contributed by atoms with Crippen molar-refractivity contribution in [3.05, 3.63) is 54.0 Å². The summed E-state index contributed by atoms with van der Waals surface area (Å²) < 4.78 is 5.16. The topological polar surface area (TPSA) is 82.9 Å². The van der Waals surface area contributed by atoms with Gasteiger partial charge in [-0.2, -0.15) is 0 Å². The first-order valence-corrected chi connectivity index (χ1v) is 10.1. The number of rotatable bonds is 5. The number of benzene rings is 1. The van der Waals surface area contributed by atoms with Crippen molar-refractivity contribution in [2.45, 2.75) is 19.8 Å². The van der Waals surface area contributed by atoms with Gasteiger partial charge in [0.05, 0.1) is 18.1 Å². The first-order chi connectivity index (χ1) is 14.1. The lowest BCUT2D eigenvalue weighted by Gasteiger charge is -2.34. The normalized spacial score (nSPS) is 21.0. The highest BCUT2D eigenvalue weighted by atomic mass is 16.3. The summed E-state index contributed by atoms with van der Waals surface area (Å²) in [6, 6.07) is 11.1. The van der Waals surface area contributed by atoms with E-state index in [2.05, 4.69) is 5.32 Å². The first kappa shape index (κ1) is 19.2. The van der Waals surface area contributed by atoms with Gasteiger partial charge in [0.15, 0.2) is 5.76 Å². The van der Waals surface area contributed by atoms with Crippen LogP contribution in [0.1, 0.15) is 29.5 Å². The lowest BCUT2D eigenvalue weighted by Crippen LogP contribution is -2.51. The predicted octanol–water partition coefficient (Wildman–Crippen LogP) is 2.40. The Hall–Kier alpha value is -3.09. The van der Waals surface area contributed by atoms with Gasteiger partial charge in [-0.3, -0.25) is 14.4 Å². The van der Waals surface area contributed by atoms with Crippen molar-refractivity contribution in [1.29, 1.82) is 0 Å². The zero-order valence-corrected chi connectivity index (χ0v) is 16.5. The van der Waals surface area contributed by atoms with E-state index in [9.17, 15) is 14.4 Å². The molecule has 7 nitrogen and oxygen atoms in total. The Balaban J connectivity index is 1.28. The average Bonchev–Trinajstić information content (AvgIpc) is 3.38. The van der Waals surface area contributed by atoms with Crippen molar-refractivity contribution in [1.82, 2.24) is 9.80 Å². The second kappa shape index (κ2) is 8.11. The number of furan rings is 1. The molecule has 1 aromatic heterocycles. The van der Waals surface area contributed by atoms with E-state index in [1.165, 1.54) is 6.26 Å². The molecule has 4 rings (SSSR count). The van der Waals surface area contributed by atoms with Gasteiger partial charge in [-0.1, -0.05) is 25.1 Å². The van der Waals surface area contributed by atoms with Crippen molar-refractivity contribution in [3.63, 3.8) is 0 Å². The van der Waals surface area contributed by atoms with E-state index >= 15 is 0 Å². The molecular weight excluding hydrogens is 370 g/mol. The predicted molar refractivity (Wildman–Crippen MR) is 107 cm³/mol. The molecule has 2 fully saturated rings. The number of nitrogens with one attached hydrogen (secondary N) is 1. The fourth-order valence-electron chi connectivity index (χ4n) is 3.85. The third kappa shape index (κ3) is 4.04. The Kier molecular flexibility index (Phi) is 5.38. The molecule has 29 heavy (non-hydrogen) atoms. The number of aryl methyl sites for hydroxylation is 1. The lowest BCUT2D eigenvalue weighted by molar-refractivity contribution is -0.135. The molecule has 2 aromatic rings. The van der Waals surface area contributed by atoms with Gasteiger partial charge < -0.3 is 19.5 Å². The molecular formula is C22H25N3O4. The number of carbonyl (C=O) groups is 3. The summed E-state index contributed by atoms with van der Waals surface area (Å²) in [6.07, 6.45) is 2.90. The molecule has 152 valence electrons. The number of amides is 3. The standard InChI is InChI=1S/C22H25N3O4/c1-2-15-6-3-4-7-18(15)23-20(26)16-14-17(16)21(27)24-9-11-25(12-10-24)22(28)19-8-5-13-29-19/h3-8,13,16-17H,2,9-12,14H2,1H3,(H,23,26). The number of nitrogens with zero attached hydrogens (tertiary/aromatic N) is 2. The molecule has 2 atom stereocenters. The van der Waals surface area contributed by atoms with Crippen molar-refractivity contribution in [2.24, 2.45) is 11.8 Å². The largest absolute Gasteiger partial charge is 0.459 e. The summed E-state index contributed by atoms with van der Waals surface area (Å²) in [5, 5.41) is 2.98. The van der Waals surface area contributed by atoms with Gasteiger partial charge in [0.1, 0.15) is 0 Å². The van der Waals surface area contributed by atoms with Crippen LogP contribution in [0.3, 0.4) is 0 Å². The zero-order valence-electron chi connectivity index (χ0n) is 16.5. The summed E-state index contributed by atoms with van der Waals surface area (Å²) in [4.78, 5) is 41.1. The van der Waals surface area contributed by atoms with E-state index in [-0.39, 0.29) is 29.6 Å². The Bertz CT molecular complexity index is 901. The summed E-state index contributed by atoms with van der Waals surface area (Å²) in [7, 11) is 0. The number of piperazine rings is 1. The molecule has 1 aromatic carbocycles. The Morgan fingerprint density at radius 3 is 2.41 bits per heavy atom. The summed E-state index contributed by atoms with van der Waals surface area (Å²) in [5.41, 5.74) is 1.91. The molecule has 2 unspecified atom stereocenters. The Labute approximate surface area is 169 Å². The molecule has 0 bridgehead atoms. The minimum absolute atomic E-state index is 0.0130. The number of hydrogen-bond acceptors (Lipinski definition) is 4. The van der Waals surface area contributed by atoms with Crippen LogP contribution in [0.25, 0.3) is 0 Å². The summed E-state index contributed by atoms with van der Waals surface area (Å²) in [6.45, 7) is 3.95. The van der Waals surface area contributed by atoms with Crippen LogP contribution >= 0.6 is 0 Å². The van der Waals surface area contributed by atoms with Crippen molar-refractivity contribution in [2.75, 3.05) is 31.5 Å². The Morgan fingerprint density at radius 1 is 1.00 bits per heavy atom. The maximum absolute atomic E-state index is 12.8. The van der Waals surface area contributed by atoms with Crippen LogP contribution in [0.5, 0.6) is 0 Å². The molecule has 1 aliphatic carbocycles. The van der Waals surface area contributed by atoms with Gasteiger partial charge >= 0.3 is 0 Å². The maximum Gasteiger partial charge on any atom is 0.289 e. The van der Waals surface area contributed by atoms with E-state index in [4.69, 9.17) is 4.42 Å². The minimum atomic E-state index is -0.268. The van der Waals surface area contributed by atoms with Crippen LogP contribution in [-0.4, -0.2) is 53.7 Å². The molecule has 1 N–H and O–H groups in total. The number of carbonyl (C=O) groups excluding carboxylic acids is 3. The van der Waals surface area contributed by atoms with Gasteiger partial charge in [-0.15, -0.1) is 0 Å². The highest BCUT2D eigenvalue weighted by Gasteiger charge is 2.50. The molecule has 1 saturated heterocycles. The van der Waals surface area contributed by atoms with Gasteiger partial charge in [0.25, 0.3) is 5.91 Å². The van der Waals surface area contributed by atoms with Crippen LogP contribution in [0.15, 0.2) is 47.1 Å². The number of anilines is 1. The highest BCUT2D eigenvalue weighted by Crippen LogP contribution is 2.41. The molecule has 7 heteroatoms. The van der Waals surface area contributed by atoms with Gasteiger partial charge in [-0.05, 0) is 36.6 Å². The molecule has 0 radical (unpaired) electrons. The zero-order chi connectivity index (χ0) is 20.4. The maximum atomic E-state index is 12.8. The third-order valence-electron chi connectivity index (χ3n) is 5.71. The van der Waals surface area contributed by atoms with Crippen molar-refractivity contribution in [3.8, 4) is 0 Å². The van der Waals surface area contributed by atoms with E-state index in [0.717, 1.165) is 17.7 Å². The van der Waals surface area contributed by atoms with Crippen molar-refractivity contribution < 1.29 is 18.8 Å². The van der Waals surface area contributed by atoms with Crippen molar-refractivity contribution >= 4 is 23.4 Å². The quantitative estimate of drug-likeness (QED) is 0.843. The summed E-state index contributed by atoms with van der Waals surface area (Å²) in [5.74, 6) is -0.433. The third-order valence-corrected chi connectivity index (χ3v) is 5.71. The van der Waals surface area contributed by atoms with E-state index in [1.807, 2.05) is 31.2 Å². The van der Waals surface area contributed by atoms with Crippen LogP contribution < -0.4 is 5.32 Å². The van der Waals surface area contributed by atoms with Crippen LogP contribution in [-0.2, 0) is 16.0 Å². The van der Waals surface area contributed by atoms with Crippen LogP contribution in [0, 0.1) is 11.8 Å². The molecule has 2 heterocycles. The molecule has 1 saturated carbocycles. The fraction of sp³-hybridized carbons (Fsp3) is 0.409. The SMILES string of the molecule is CCc1ccccc1NC(=O)C1CC1C(=O)N1CCN(C(=O)c2ccco2)CC1. The monoisotopic (exact) mass is 395 g/mol. The lowest BCUT2D eigenvalue weighted by atomic mass is 10.1. The minimum Gasteiger partial charge on any atom is -0.459 e. The first-order valence-electron chi connectivity index (χ1n) is 10.1. The van der Waals surface area contributed by atoms with Gasteiger partial charge in [0.2, 0.25) is 11.8 Å². The van der Waals surface area contributed by atoms with Crippen LogP contribution in [0.4, 0.5) is 5.69 Å². The average molecular weight is 395 g/mol. The van der Waals surface area contributed by atoms with Gasteiger partial charge in [-0.25, -0.2) is 0 Å². The van der Waals surface area contributed by atoms with E-state index in [1.54, 1.807) is 21.9 Å².